The fraction of sp³-hybridized carbons (Fsp3) is 0.500. The number of hydrogen-bond donors (Lipinski definition) is 2. The number of thiazole rings is 1. The molecule has 1 unspecified atom stereocenters. The number of rotatable bonds is 7. The Kier molecular flexibility index (Phi) is 3.96. The van der Waals surface area contributed by atoms with Crippen molar-refractivity contribution in [3.63, 3.8) is 0 Å². The van der Waals surface area contributed by atoms with E-state index in [1.807, 2.05) is 17.6 Å². The van der Waals surface area contributed by atoms with Crippen LogP contribution in [-0.4, -0.2) is 36.0 Å². The molecule has 1 aromatic heterocycles. The first-order valence-corrected chi connectivity index (χ1v) is 7.52. The average molecular weight is 278 g/mol. The minimum absolute atomic E-state index is 0.409. The van der Waals surface area contributed by atoms with Gasteiger partial charge >= 0.3 is 0 Å². The Morgan fingerprint density at radius 1 is 1.47 bits per heavy atom. The molecule has 3 rings (SSSR count). The highest BCUT2D eigenvalue weighted by atomic mass is 32.1. The highest BCUT2D eigenvalue weighted by Gasteiger charge is 2.21. The van der Waals surface area contributed by atoms with Crippen molar-refractivity contribution >= 4 is 27.2 Å². The highest BCUT2D eigenvalue weighted by Crippen LogP contribution is 2.28. The smallest absolute Gasteiger partial charge is 0.0945 e. The van der Waals surface area contributed by atoms with Crippen molar-refractivity contribution in [2.75, 3.05) is 25.1 Å². The highest BCUT2D eigenvalue weighted by molar-refractivity contribution is 7.16. The lowest BCUT2D eigenvalue weighted by atomic mass is 10.3. The first kappa shape index (κ1) is 12.8. The van der Waals surface area contributed by atoms with Crippen LogP contribution in [0.4, 0.5) is 5.69 Å². The Hall–Kier alpha value is -1.17. The summed E-state index contributed by atoms with van der Waals surface area (Å²) in [6.07, 6.45) is 2.10. The van der Waals surface area contributed by atoms with E-state index in [1.165, 1.54) is 12.8 Å². The number of hydrogen-bond acceptors (Lipinski definition) is 5. The molecule has 1 heterocycles. The van der Waals surface area contributed by atoms with Crippen LogP contribution in [0.1, 0.15) is 12.8 Å². The van der Waals surface area contributed by atoms with Gasteiger partial charge in [0.05, 0.1) is 28.4 Å². The summed E-state index contributed by atoms with van der Waals surface area (Å²) in [4.78, 5) is 4.24. The van der Waals surface area contributed by atoms with E-state index in [1.54, 1.807) is 11.3 Å². The lowest BCUT2D eigenvalue weighted by molar-refractivity contribution is 0.0386. The average Bonchev–Trinajstić information content (AvgIpc) is 3.12. The molecule has 2 aromatic rings. The standard InChI is InChI=1S/C14H18N2O2S/c17-12(8-18-7-10-1-2-10)6-15-11-3-4-13-14(5-11)19-9-16-13/h3-5,9-10,12,15,17H,1-2,6-8H2. The Morgan fingerprint density at radius 3 is 3.21 bits per heavy atom. The van der Waals surface area contributed by atoms with E-state index < -0.39 is 6.10 Å². The quantitative estimate of drug-likeness (QED) is 0.817. The normalized spacial score (nSPS) is 16.7. The molecule has 0 saturated heterocycles. The van der Waals surface area contributed by atoms with E-state index in [2.05, 4.69) is 16.4 Å². The van der Waals surface area contributed by atoms with Gasteiger partial charge in [0.1, 0.15) is 0 Å². The third-order valence-corrected chi connectivity index (χ3v) is 4.03. The largest absolute Gasteiger partial charge is 0.389 e. The maximum Gasteiger partial charge on any atom is 0.0945 e. The summed E-state index contributed by atoms with van der Waals surface area (Å²) in [5, 5.41) is 13.0. The van der Waals surface area contributed by atoms with Crippen LogP contribution >= 0.6 is 11.3 Å². The molecule has 0 bridgehead atoms. The van der Waals surface area contributed by atoms with Crippen molar-refractivity contribution in [3.05, 3.63) is 23.7 Å². The molecule has 2 N–H and O–H groups in total. The number of fused-ring (bicyclic) bond motifs is 1. The molecule has 1 aromatic carbocycles. The molecule has 0 radical (unpaired) electrons. The molecule has 102 valence electrons. The fourth-order valence-electron chi connectivity index (χ4n) is 1.91. The van der Waals surface area contributed by atoms with Crippen molar-refractivity contribution in [2.24, 2.45) is 5.92 Å². The zero-order chi connectivity index (χ0) is 13.1. The maximum absolute atomic E-state index is 9.82. The number of nitrogens with zero attached hydrogens (tertiary/aromatic N) is 1. The zero-order valence-corrected chi connectivity index (χ0v) is 11.5. The van der Waals surface area contributed by atoms with Crippen LogP contribution in [0, 0.1) is 5.92 Å². The van der Waals surface area contributed by atoms with Gasteiger partial charge in [-0.15, -0.1) is 11.3 Å². The van der Waals surface area contributed by atoms with E-state index in [4.69, 9.17) is 4.74 Å². The fourth-order valence-corrected chi connectivity index (χ4v) is 2.63. The molecule has 1 saturated carbocycles. The molecule has 1 aliphatic carbocycles. The summed E-state index contributed by atoms with van der Waals surface area (Å²) in [6.45, 7) is 1.71. The first-order chi connectivity index (χ1) is 9.31. The van der Waals surface area contributed by atoms with Gasteiger partial charge in [-0.25, -0.2) is 4.98 Å². The van der Waals surface area contributed by atoms with E-state index >= 15 is 0 Å². The van der Waals surface area contributed by atoms with Crippen LogP contribution in [0.25, 0.3) is 10.2 Å². The monoisotopic (exact) mass is 278 g/mol. The Balaban J connectivity index is 1.44. The zero-order valence-electron chi connectivity index (χ0n) is 10.7. The van der Waals surface area contributed by atoms with Gasteiger partial charge in [-0.3, -0.25) is 0 Å². The van der Waals surface area contributed by atoms with Crippen molar-refractivity contribution < 1.29 is 9.84 Å². The molecule has 5 heteroatoms. The summed E-state index contributed by atoms with van der Waals surface area (Å²) in [5.41, 5.74) is 3.87. The maximum atomic E-state index is 9.82. The molecule has 19 heavy (non-hydrogen) atoms. The number of aliphatic hydroxyl groups excluding tert-OH is 1. The van der Waals surface area contributed by atoms with Crippen molar-refractivity contribution in [1.29, 1.82) is 0 Å². The Bertz CT molecular complexity index is 539. The number of nitrogens with one attached hydrogen (secondary N) is 1. The summed E-state index contributed by atoms with van der Waals surface area (Å²) in [7, 11) is 0. The van der Waals surface area contributed by atoms with Gasteiger partial charge in [0.15, 0.2) is 0 Å². The summed E-state index contributed by atoms with van der Waals surface area (Å²) in [6, 6.07) is 6.04. The Morgan fingerprint density at radius 2 is 2.37 bits per heavy atom. The summed E-state index contributed by atoms with van der Waals surface area (Å²) < 4.78 is 6.62. The molecule has 4 nitrogen and oxygen atoms in total. The molecule has 1 fully saturated rings. The van der Waals surface area contributed by atoms with Gasteiger partial charge in [-0.2, -0.15) is 0 Å². The van der Waals surface area contributed by atoms with Crippen LogP contribution in [0.15, 0.2) is 23.7 Å². The number of aliphatic hydroxyl groups is 1. The van der Waals surface area contributed by atoms with Crippen molar-refractivity contribution in [1.82, 2.24) is 4.98 Å². The summed E-state index contributed by atoms with van der Waals surface area (Å²) >= 11 is 1.62. The third-order valence-electron chi connectivity index (χ3n) is 3.23. The third kappa shape index (κ3) is 3.65. The number of benzene rings is 1. The lowest BCUT2D eigenvalue weighted by Gasteiger charge is -2.13. The molecule has 0 spiro atoms. The van der Waals surface area contributed by atoms with E-state index in [0.29, 0.717) is 13.2 Å². The molecular formula is C14H18N2O2S. The van der Waals surface area contributed by atoms with Crippen LogP contribution in [0.3, 0.4) is 0 Å². The van der Waals surface area contributed by atoms with E-state index in [-0.39, 0.29) is 0 Å². The predicted molar refractivity (Wildman–Crippen MR) is 77.7 cm³/mol. The molecule has 1 aliphatic rings. The minimum Gasteiger partial charge on any atom is -0.389 e. The van der Waals surface area contributed by atoms with Gasteiger partial charge in [0, 0.05) is 18.8 Å². The number of ether oxygens (including phenoxy) is 1. The molecule has 0 amide bonds. The van der Waals surface area contributed by atoms with Crippen molar-refractivity contribution in [2.45, 2.75) is 18.9 Å². The van der Waals surface area contributed by atoms with Gasteiger partial charge in [-0.05, 0) is 37.0 Å². The van der Waals surface area contributed by atoms with Gasteiger partial charge in [0.2, 0.25) is 0 Å². The van der Waals surface area contributed by atoms with Gasteiger partial charge < -0.3 is 15.2 Å². The van der Waals surface area contributed by atoms with Gasteiger partial charge in [0.25, 0.3) is 0 Å². The predicted octanol–water partition coefficient (Wildman–Crippen LogP) is 2.50. The van der Waals surface area contributed by atoms with Gasteiger partial charge in [-0.1, -0.05) is 0 Å². The summed E-state index contributed by atoms with van der Waals surface area (Å²) in [5.74, 6) is 0.744. The second kappa shape index (κ2) is 5.86. The minimum atomic E-state index is -0.462. The number of anilines is 1. The molecule has 0 aliphatic heterocycles. The topological polar surface area (TPSA) is 54.4 Å². The lowest BCUT2D eigenvalue weighted by Crippen LogP contribution is -2.25. The second-order valence-electron chi connectivity index (χ2n) is 5.05. The van der Waals surface area contributed by atoms with E-state index in [9.17, 15) is 5.11 Å². The second-order valence-corrected chi connectivity index (χ2v) is 5.94. The van der Waals surface area contributed by atoms with E-state index in [0.717, 1.165) is 28.4 Å². The van der Waals surface area contributed by atoms with Crippen molar-refractivity contribution in [3.8, 4) is 0 Å². The van der Waals surface area contributed by atoms with Crippen LogP contribution in [-0.2, 0) is 4.74 Å². The van der Waals surface area contributed by atoms with Crippen LogP contribution in [0.2, 0.25) is 0 Å². The SMILES string of the molecule is OC(CNc1ccc2ncsc2c1)COCC1CC1. The van der Waals surface area contributed by atoms with Crippen LogP contribution in [0.5, 0.6) is 0 Å². The number of aromatic nitrogens is 1. The van der Waals surface area contributed by atoms with Crippen LogP contribution < -0.4 is 5.32 Å². The first-order valence-electron chi connectivity index (χ1n) is 6.64. The molecule has 1 atom stereocenters. The molecular weight excluding hydrogens is 260 g/mol. The Labute approximate surface area is 116 Å².